The highest BCUT2D eigenvalue weighted by atomic mass is 16.5. The molecule has 0 atom stereocenters. The molecular weight excluding hydrogens is 188 g/mol. The molecule has 0 radical (unpaired) electrons. The predicted molar refractivity (Wildman–Crippen MR) is 47.0 cm³/mol. The van der Waals surface area contributed by atoms with E-state index in [0.717, 1.165) is 0 Å². The summed E-state index contributed by atoms with van der Waals surface area (Å²) in [6.45, 7) is 1.65. The van der Waals surface area contributed by atoms with E-state index in [0.29, 0.717) is 5.69 Å². The molecule has 7 heteroatoms. The van der Waals surface area contributed by atoms with Crippen molar-refractivity contribution in [2.75, 3.05) is 6.54 Å². The zero-order valence-corrected chi connectivity index (χ0v) is 7.52. The predicted octanol–water partition coefficient (Wildman–Crippen LogP) is -0.541. The van der Waals surface area contributed by atoms with Crippen LogP contribution in [-0.2, 0) is 0 Å². The number of carbonyl (C=O) groups is 1. The van der Waals surface area contributed by atoms with Crippen molar-refractivity contribution in [1.29, 1.82) is 0 Å². The number of rotatable bonds is 3. The van der Waals surface area contributed by atoms with Gasteiger partial charge < -0.3 is 20.8 Å². The van der Waals surface area contributed by atoms with Gasteiger partial charge in [-0.2, -0.15) is 0 Å². The van der Waals surface area contributed by atoms with Gasteiger partial charge >= 0.3 is 0 Å². The molecule has 1 aromatic rings. The first kappa shape index (κ1) is 10.0. The highest BCUT2D eigenvalue weighted by molar-refractivity contribution is 5.94. The summed E-state index contributed by atoms with van der Waals surface area (Å²) in [6, 6.07) is 1.49. The zero-order valence-electron chi connectivity index (χ0n) is 7.52. The van der Waals surface area contributed by atoms with Crippen molar-refractivity contribution < 1.29 is 14.5 Å². The van der Waals surface area contributed by atoms with Crippen LogP contribution >= 0.6 is 0 Å². The molecule has 1 rings (SSSR count). The molecule has 0 fully saturated rings. The van der Waals surface area contributed by atoms with Crippen LogP contribution < -0.4 is 11.1 Å². The van der Waals surface area contributed by atoms with Gasteiger partial charge in [0.1, 0.15) is 0 Å². The van der Waals surface area contributed by atoms with E-state index in [1.54, 1.807) is 6.92 Å². The first-order valence-electron chi connectivity index (χ1n) is 3.81. The van der Waals surface area contributed by atoms with Gasteiger partial charge in [0.05, 0.1) is 12.2 Å². The van der Waals surface area contributed by atoms with Gasteiger partial charge in [-0.05, 0) is 6.92 Å². The second-order valence-corrected chi connectivity index (χ2v) is 2.61. The van der Waals surface area contributed by atoms with Crippen LogP contribution in [0.1, 0.15) is 16.2 Å². The van der Waals surface area contributed by atoms with Crippen LogP contribution in [0.5, 0.6) is 0 Å². The lowest BCUT2D eigenvalue weighted by Crippen LogP contribution is -2.33. The molecule has 4 N–H and O–H groups in total. The van der Waals surface area contributed by atoms with Crippen molar-refractivity contribution in [3.63, 3.8) is 0 Å². The van der Waals surface area contributed by atoms with Crippen LogP contribution in [0.15, 0.2) is 15.7 Å². The van der Waals surface area contributed by atoms with Gasteiger partial charge in [-0.15, -0.1) is 0 Å². The summed E-state index contributed by atoms with van der Waals surface area (Å²) >= 11 is 0. The van der Waals surface area contributed by atoms with E-state index in [1.165, 1.54) is 6.07 Å². The van der Waals surface area contributed by atoms with Gasteiger partial charge in [-0.3, -0.25) is 4.79 Å². The quantitative estimate of drug-likeness (QED) is 0.261. The number of nitrogens with two attached hydrogens (primary N) is 1. The second-order valence-electron chi connectivity index (χ2n) is 2.61. The number of aromatic nitrogens is 1. The first-order valence-corrected chi connectivity index (χ1v) is 3.81. The third-order valence-electron chi connectivity index (χ3n) is 1.41. The minimum atomic E-state index is -0.461. The van der Waals surface area contributed by atoms with Crippen molar-refractivity contribution in [2.24, 2.45) is 10.9 Å². The molecule has 1 aromatic heterocycles. The van der Waals surface area contributed by atoms with E-state index in [9.17, 15) is 4.79 Å². The summed E-state index contributed by atoms with van der Waals surface area (Å²) < 4.78 is 4.69. The molecule has 1 heterocycles. The highest BCUT2D eigenvalue weighted by Gasteiger charge is 2.10. The maximum absolute atomic E-state index is 11.2. The molecule has 0 unspecified atom stereocenters. The number of hydrogen-bond donors (Lipinski definition) is 3. The molecule has 7 nitrogen and oxygen atoms in total. The third kappa shape index (κ3) is 2.47. The van der Waals surface area contributed by atoms with Crippen LogP contribution in [0.2, 0.25) is 0 Å². The summed E-state index contributed by atoms with van der Waals surface area (Å²) in [6.07, 6.45) is 0. The number of amides is 1. The second kappa shape index (κ2) is 4.26. The number of oxime groups is 1. The van der Waals surface area contributed by atoms with Gasteiger partial charge in [0.2, 0.25) is 5.76 Å². The van der Waals surface area contributed by atoms with Crippen molar-refractivity contribution in [2.45, 2.75) is 6.92 Å². The van der Waals surface area contributed by atoms with Gasteiger partial charge in [-0.1, -0.05) is 10.3 Å². The minimum Gasteiger partial charge on any atom is -0.409 e. The van der Waals surface area contributed by atoms with E-state index in [1.807, 2.05) is 0 Å². The number of amidine groups is 1. The third-order valence-corrected chi connectivity index (χ3v) is 1.41. The van der Waals surface area contributed by atoms with Crippen molar-refractivity contribution >= 4 is 11.7 Å². The molecule has 0 spiro atoms. The number of hydrogen-bond acceptors (Lipinski definition) is 5. The lowest BCUT2D eigenvalue weighted by atomic mass is 10.3. The lowest BCUT2D eigenvalue weighted by Gasteiger charge is -1.99. The molecule has 0 aliphatic heterocycles. The van der Waals surface area contributed by atoms with Gasteiger partial charge in [0.15, 0.2) is 5.84 Å². The van der Waals surface area contributed by atoms with E-state index < -0.39 is 5.91 Å². The summed E-state index contributed by atoms with van der Waals surface area (Å²) in [5.74, 6) is -0.458. The Morgan fingerprint density at radius 1 is 1.86 bits per heavy atom. The van der Waals surface area contributed by atoms with Crippen LogP contribution in [-0.4, -0.2) is 28.7 Å². The summed E-state index contributed by atoms with van der Waals surface area (Å²) in [7, 11) is 0. The van der Waals surface area contributed by atoms with Crippen LogP contribution in [0.4, 0.5) is 0 Å². The zero-order chi connectivity index (χ0) is 10.6. The Kier molecular flexibility index (Phi) is 3.05. The Balaban J connectivity index is 2.51. The highest BCUT2D eigenvalue weighted by Crippen LogP contribution is 2.00. The smallest absolute Gasteiger partial charge is 0.290 e. The van der Waals surface area contributed by atoms with Gasteiger partial charge in [0, 0.05) is 6.07 Å². The molecule has 76 valence electrons. The van der Waals surface area contributed by atoms with E-state index >= 15 is 0 Å². The Morgan fingerprint density at radius 2 is 2.57 bits per heavy atom. The SMILES string of the molecule is Cc1cc(C(=O)NCC(N)=NO)on1. The Bertz CT molecular complexity index is 358. The number of nitrogens with zero attached hydrogens (tertiary/aromatic N) is 2. The molecule has 0 saturated heterocycles. The Labute approximate surface area is 79.6 Å². The summed E-state index contributed by atoms with van der Waals surface area (Å²) in [5, 5.41) is 16.8. The molecule has 0 aromatic carbocycles. The van der Waals surface area contributed by atoms with E-state index in [-0.39, 0.29) is 18.1 Å². The standard InChI is InChI=1S/C7H10N4O3/c1-4-2-5(14-11-4)7(12)9-3-6(8)10-13/h2,13H,3H2,1H3,(H2,8,10)(H,9,12). The van der Waals surface area contributed by atoms with Crippen molar-refractivity contribution in [3.05, 3.63) is 17.5 Å². The minimum absolute atomic E-state index is 0.0465. The Hall–Kier alpha value is -2.05. The average Bonchev–Trinajstić information content (AvgIpc) is 2.60. The van der Waals surface area contributed by atoms with E-state index in [4.69, 9.17) is 10.9 Å². The molecule has 1 amide bonds. The maximum Gasteiger partial charge on any atom is 0.290 e. The molecule has 14 heavy (non-hydrogen) atoms. The molecular formula is C7H10N4O3. The van der Waals surface area contributed by atoms with Crippen LogP contribution in [0.3, 0.4) is 0 Å². The first-order chi connectivity index (χ1) is 6.63. The van der Waals surface area contributed by atoms with Gasteiger partial charge in [0.25, 0.3) is 5.91 Å². The Morgan fingerprint density at radius 3 is 3.07 bits per heavy atom. The topological polar surface area (TPSA) is 114 Å². The van der Waals surface area contributed by atoms with Gasteiger partial charge in [-0.25, -0.2) is 0 Å². The van der Waals surface area contributed by atoms with Crippen molar-refractivity contribution in [3.8, 4) is 0 Å². The molecule has 0 aliphatic rings. The van der Waals surface area contributed by atoms with Crippen LogP contribution in [0, 0.1) is 6.92 Å². The summed E-state index contributed by atoms with van der Waals surface area (Å²) in [4.78, 5) is 11.2. The maximum atomic E-state index is 11.2. The fourth-order valence-corrected chi connectivity index (χ4v) is 0.764. The fraction of sp³-hybridized carbons (Fsp3) is 0.286. The molecule has 0 saturated carbocycles. The molecule has 0 bridgehead atoms. The fourth-order valence-electron chi connectivity index (χ4n) is 0.764. The number of carbonyl (C=O) groups excluding carboxylic acids is 1. The van der Waals surface area contributed by atoms with E-state index in [2.05, 4.69) is 20.2 Å². The average molecular weight is 198 g/mol. The normalized spacial score (nSPS) is 11.4. The summed E-state index contributed by atoms with van der Waals surface area (Å²) in [5.41, 5.74) is 5.75. The number of aryl methyl sites for hydroxylation is 1. The van der Waals surface area contributed by atoms with Crippen LogP contribution in [0.25, 0.3) is 0 Å². The van der Waals surface area contributed by atoms with Crippen molar-refractivity contribution in [1.82, 2.24) is 10.5 Å². The largest absolute Gasteiger partial charge is 0.409 e. The number of nitrogens with one attached hydrogen (secondary N) is 1. The monoisotopic (exact) mass is 198 g/mol. The lowest BCUT2D eigenvalue weighted by molar-refractivity contribution is 0.0922. The molecule has 0 aliphatic carbocycles.